The van der Waals surface area contributed by atoms with Crippen LogP contribution in [-0.2, 0) is 13.1 Å². The van der Waals surface area contributed by atoms with Crippen LogP contribution in [-0.4, -0.2) is 16.0 Å². The van der Waals surface area contributed by atoms with E-state index < -0.39 is 0 Å². The fraction of sp³-hybridized carbons (Fsp3) is 0.273. The zero-order chi connectivity index (χ0) is 17.2. The first-order valence-corrected chi connectivity index (χ1v) is 9.28. The van der Waals surface area contributed by atoms with E-state index in [1.807, 2.05) is 6.07 Å². The minimum Gasteiger partial charge on any atom is -0.350 e. The summed E-state index contributed by atoms with van der Waals surface area (Å²) in [5.74, 6) is 0. The van der Waals surface area contributed by atoms with Gasteiger partial charge in [-0.3, -0.25) is 4.90 Å². The summed E-state index contributed by atoms with van der Waals surface area (Å²) >= 11 is 6.31. The van der Waals surface area contributed by atoms with E-state index in [1.54, 1.807) is 0 Å². The van der Waals surface area contributed by atoms with Crippen LogP contribution in [0.3, 0.4) is 0 Å². The van der Waals surface area contributed by atoms with Crippen LogP contribution in [0.1, 0.15) is 34.8 Å². The Labute approximate surface area is 154 Å². The van der Waals surface area contributed by atoms with Crippen LogP contribution in [0, 0.1) is 6.92 Å². The van der Waals surface area contributed by atoms with Crippen molar-refractivity contribution in [1.29, 1.82) is 0 Å². The van der Waals surface area contributed by atoms with Gasteiger partial charge in [-0.2, -0.15) is 0 Å². The van der Waals surface area contributed by atoms with Gasteiger partial charge in [-0.25, -0.2) is 0 Å². The molecule has 3 heteroatoms. The van der Waals surface area contributed by atoms with Crippen molar-refractivity contribution in [3.63, 3.8) is 0 Å². The quantitative estimate of drug-likeness (QED) is 0.610. The molecule has 1 atom stereocenters. The van der Waals surface area contributed by atoms with Gasteiger partial charge in [0.1, 0.15) is 0 Å². The number of aromatic nitrogens is 1. The van der Waals surface area contributed by atoms with Gasteiger partial charge in [0.25, 0.3) is 0 Å². The predicted molar refractivity (Wildman–Crippen MR) is 104 cm³/mol. The highest BCUT2D eigenvalue weighted by molar-refractivity contribution is 6.30. The van der Waals surface area contributed by atoms with Crippen molar-refractivity contribution in [1.82, 2.24) is 9.47 Å². The van der Waals surface area contributed by atoms with E-state index in [0.717, 1.165) is 31.1 Å². The largest absolute Gasteiger partial charge is 0.350 e. The number of hydrogen-bond donors (Lipinski definition) is 0. The summed E-state index contributed by atoms with van der Waals surface area (Å²) in [5, 5.41) is 0.801. The van der Waals surface area contributed by atoms with Crippen LogP contribution in [0.2, 0.25) is 5.02 Å². The zero-order valence-corrected chi connectivity index (χ0v) is 15.3. The van der Waals surface area contributed by atoms with Crippen LogP contribution in [0.4, 0.5) is 0 Å². The number of rotatable bonds is 3. The van der Waals surface area contributed by atoms with Crippen LogP contribution >= 0.6 is 11.6 Å². The van der Waals surface area contributed by atoms with Crippen molar-refractivity contribution in [2.75, 3.05) is 6.54 Å². The molecule has 0 amide bonds. The molecule has 1 aliphatic rings. The molecule has 1 aliphatic heterocycles. The van der Waals surface area contributed by atoms with E-state index in [1.165, 1.54) is 22.4 Å². The fourth-order valence-corrected chi connectivity index (χ4v) is 4.11. The number of nitrogens with zero attached hydrogens (tertiary/aromatic N) is 2. The van der Waals surface area contributed by atoms with Gasteiger partial charge in [-0.15, -0.1) is 0 Å². The summed E-state index contributed by atoms with van der Waals surface area (Å²) in [6.07, 6.45) is 3.35. The Balaban J connectivity index is 1.75. The Morgan fingerprint density at radius 3 is 2.72 bits per heavy atom. The second-order valence-electron chi connectivity index (χ2n) is 6.90. The van der Waals surface area contributed by atoms with Crippen molar-refractivity contribution < 1.29 is 0 Å². The molecule has 1 aromatic heterocycles. The first-order chi connectivity index (χ1) is 12.2. The molecule has 25 heavy (non-hydrogen) atoms. The van der Waals surface area contributed by atoms with Gasteiger partial charge in [0, 0.05) is 36.5 Å². The van der Waals surface area contributed by atoms with Gasteiger partial charge in [0.2, 0.25) is 0 Å². The topological polar surface area (TPSA) is 8.17 Å². The summed E-state index contributed by atoms with van der Waals surface area (Å²) in [6.45, 7) is 5.26. The summed E-state index contributed by atoms with van der Waals surface area (Å²) < 4.78 is 2.39. The SMILES string of the molecule is Cc1cccc(CN2CCCn3cccc3[C@H]2c2cccc(Cl)c2)c1. The molecule has 2 heterocycles. The molecule has 3 aromatic rings. The van der Waals surface area contributed by atoms with Crippen molar-refractivity contribution in [2.24, 2.45) is 0 Å². The first-order valence-electron chi connectivity index (χ1n) is 8.91. The third kappa shape index (κ3) is 3.51. The molecular weight excluding hydrogens is 328 g/mol. The molecule has 0 saturated heterocycles. The van der Waals surface area contributed by atoms with Crippen molar-refractivity contribution in [3.8, 4) is 0 Å². The van der Waals surface area contributed by atoms with E-state index in [9.17, 15) is 0 Å². The minimum atomic E-state index is 0.233. The molecule has 128 valence electrons. The van der Waals surface area contributed by atoms with Gasteiger partial charge >= 0.3 is 0 Å². The second kappa shape index (κ2) is 7.07. The average molecular weight is 351 g/mol. The lowest BCUT2D eigenvalue weighted by atomic mass is 10.0. The van der Waals surface area contributed by atoms with Crippen LogP contribution < -0.4 is 0 Å². The molecule has 2 aromatic carbocycles. The summed E-state index contributed by atoms with van der Waals surface area (Å²) in [5.41, 5.74) is 5.30. The van der Waals surface area contributed by atoms with E-state index in [4.69, 9.17) is 11.6 Å². The predicted octanol–water partition coefficient (Wildman–Crippen LogP) is 5.45. The molecule has 0 spiro atoms. The Morgan fingerprint density at radius 2 is 1.88 bits per heavy atom. The molecule has 0 N–H and O–H groups in total. The zero-order valence-electron chi connectivity index (χ0n) is 14.5. The molecular formula is C22H23ClN2. The Kier molecular flexibility index (Phi) is 4.65. The van der Waals surface area contributed by atoms with Gasteiger partial charge < -0.3 is 4.57 Å². The Morgan fingerprint density at radius 1 is 1.00 bits per heavy atom. The number of halogens is 1. The lowest BCUT2D eigenvalue weighted by Crippen LogP contribution is -2.29. The second-order valence-corrected chi connectivity index (χ2v) is 7.33. The van der Waals surface area contributed by atoms with Crippen molar-refractivity contribution in [3.05, 3.63) is 94.3 Å². The van der Waals surface area contributed by atoms with Gasteiger partial charge in [-0.05, 0) is 48.7 Å². The first kappa shape index (κ1) is 16.4. The minimum absolute atomic E-state index is 0.233. The standard InChI is InChI=1S/C22H23ClN2/c1-17-6-2-7-18(14-17)16-25-13-5-12-24-11-4-10-21(24)22(25)19-8-3-9-20(23)15-19/h2-4,6-11,14-15,22H,5,12-13,16H2,1H3/t22-/m1/s1. The van der Waals surface area contributed by atoms with E-state index in [0.29, 0.717) is 0 Å². The molecule has 0 fully saturated rings. The van der Waals surface area contributed by atoms with Gasteiger partial charge in [-0.1, -0.05) is 53.6 Å². The lowest BCUT2D eigenvalue weighted by molar-refractivity contribution is 0.220. The fourth-order valence-electron chi connectivity index (χ4n) is 3.91. The normalized spacial score (nSPS) is 17.9. The molecule has 0 unspecified atom stereocenters. The van der Waals surface area contributed by atoms with Crippen LogP contribution in [0.15, 0.2) is 66.9 Å². The van der Waals surface area contributed by atoms with E-state index in [-0.39, 0.29) is 6.04 Å². The van der Waals surface area contributed by atoms with Gasteiger partial charge in [0.05, 0.1) is 6.04 Å². The Bertz CT molecular complexity index is 868. The highest BCUT2D eigenvalue weighted by atomic mass is 35.5. The van der Waals surface area contributed by atoms with Crippen LogP contribution in [0.25, 0.3) is 0 Å². The Hall–Kier alpha value is -2.03. The smallest absolute Gasteiger partial charge is 0.0759 e. The maximum absolute atomic E-state index is 6.31. The summed E-state index contributed by atoms with van der Waals surface area (Å²) in [4.78, 5) is 2.58. The monoisotopic (exact) mass is 350 g/mol. The summed E-state index contributed by atoms with van der Waals surface area (Å²) in [7, 11) is 0. The third-order valence-electron chi connectivity index (χ3n) is 4.99. The molecule has 0 radical (unpaired) electrons. The highest BCUT2D eigenvalue weighted by Crippen LogP contribution is 2.34. The number of aryl methyl sites for hydroxylation is 2. The number of fused-ring (bicyclic) bond motifs is 1. The number of hydrogen-bond acceptors (Lipinski definition) is 1. The highest BCUT2D eigenvalue weighted by Gasteiger charge is 2.27. The molecule has 0 aliphatic carbocycles. The maximum Gasteiger partial charge on any atom is 0.0759 e. The average Bonchev–Trinajstić information content (AvgIpc) is 2.96. The summed E-state index contributed by atoms with van der Waals surface area (Å²) in [6, 6.07) is 21.8. The maximum atomic E-state index is 6.31. The molecule has 0 bridgehead atoms. The number of benzene rings is 2. The lowest BCUT2D eigenvalue weighted by Gasteiger charge is -2.31. The van der Waals surface area contributed by atoms with Crippen LogP contribution in [0.5, 0.6) is 0 Å². The van der Waals surface area contributed by atoms with E-state index >= 15 is 0 Å². The molecule has 4 rings (SSSR count). The third-order valence-corrected chi connectivity index (χ3v) is 5.22. The van der Waals surface area contributed by atoms with E-state index in [2.05, 4.69) is 77.2 Å². The van der Waals surface area contributed by atoms with Crippen molar-refractivity contribution >= 4 is 11.6 Å². The van der Waals surface area contributed by atoms with Gasteiger partial charge in [0.15, 0.2) is 0 Å². The molecule has 0 saturated carbocycles. The molecule has 2 nitrogen and oxygen atoms in total. The van der Waals surface area contributed by atoms with Crippen molar-refractivity contribution in [2.45, 2.75) is 32.5 Å².